The maximum Gasteiger partial charge on any atom is 0.162 e. The van der Waals surface area contributed by atoms with Gasteiger partial charge < -0.3 is 14.6 Å². The number of ether oxygens (including phenoxy) is 2. The third-order valence-electron chi connectivity index (χ3n) is 3.34. The van der Waals surface area contributed by atoms with E-state index in [9.17, 15) is 5.11 Å². The first-order chi connectivity index (χ1) is 7.77. The van der Waals surface area contributed by atoms with Crippen molar-refractivity contribution in [2.45, 2.75) is 25.2 Å². The van der Waals surface area contributed by atoms with E-state index in [0.717, 1.165) is 18.4 Å². The predicted octanol–water partition coefficient (Wildman–Crippen LogP) is 1.90. The van der Waals surface area contributed by atoms with Crippen LogP contribution in [-0.4, -0.2) is 25.6 Å². The third-order valence-corrected chi connectivity index (χ3v) is 3.34. The van der Waals surface area contributed by atoms with Gasteiger partial charge in [-0.2, -0.15) is 0 Å². The smallest absolute Gasteiger partial charge is 0.162 e. The van der Waals surface area contributed by atoms with E-state index in [4.69, 9.17) is 9.47 Å². The second-order valence-electron chi connectivity index (χ2n) is 4.19. The summed E-state index contributed by atoms with van der Waals surface area (Å²) >= 11 is 0. The fourth-order valence-corrected chi connectivity index (χ4v) is 2.49. The van der Waals surface area contributed by atoms with Crippen LogP contribution >= 0.6 is 0 Å². The summed E-state index contributed by atoms with van der Waals surface area (Å²) in [6.07, 6.45) is 1.05. The highest BCUT2D eigenvalue weighted by molar-refractivity contribution is 5.31. The summed E-state index contributed by atoms with van der Waals surface area (Å²) in [5.41, 5.74) is 2.25. The number of aliphatic hydroxyl groups is 1. The van der Waals surface area contributed by atoms with Crippen LogP contribution < -0.4 is 0 Å². The van der Waals surface area contributed by atoms with Crippen LogP contribution in [0, 0.1) is 5.92 Å². The number of fused-ring (bicyclic) bond motifs is 1. The maximum atomic E-state index is 10.3. The van der Waals surface area contributed by atoms with Crippen LogP contribution in [0.4, 0.5) is 0 Å². The van der Waals surface area contributed by atoms with Crippen molar-refractivity contribution >= 4 is 0 Å². The summed E-state index contributed by atoms with van der Waals surface area (Å²) in [6, 6.07) is 8.02. The van der Waals surface area contributed by atoms with E-state index in [0.29, 0.717) is 0 Å². The predicted molar refractivity (Wildman–Crippen MR) is 61.0 cm³/mol. The zero-order valence-electron chi connectivity index (χ0n) is 9.72. The van der Waals surface area contributed by atoms with Crippen molar-refractivity contribution < 1.29 is 14.6 Å². The molecule has 1 aliphatic rings. The van der Waals surface area contributed by atoms with Crippen molar-refractivity contribution in [3.05, 3.63) is 35.4 Å². The van der Waals surface area contributed by atoms with E-state index in [1.165, 1.54) is 5.56 Å². The zero-order chi connectivity index (χ0) is 11.5. The summed E-state index contributed by atoms with van der Waals surface area (Å²) in [7, 11) is 3.22. The minimum Gasteiger partial charge on any atom is -0.388 e. The Morgan fingerprint density at radius 3 is 2.62 bits per heavy atom. The minimum atomic E-state index is -0.491. The van der Waals surface area contributed by atoms with Gasteiger partial charge in [-0.25, -0.2) is 0 Å². The van der Waals surface area contributed by atoms with Gasteiger partial charge in [-0.3, -0.25) is 0 Å². The van der Waals surface area contributed by atoms with Gasteiger partial charge in [0, 0.05) is 20.1 Å². The lowest BCUT2D eigenvalue weighted by Crippen LogP contribution is -2.33. The molecule has 3 nitrogen and oxygen atoms in total. The molecule has 88 valence electrons. The first-order valence-corrected chi connectivity index (χ1v) is 5.59. The zero-order valence-corrected chi connectivity index (χ0v) is 9.72. The molecule has 1 aromatic carbocycles. The average Bonchev–Trinajstić information content (AvgIpc) is 2.34. The summed E-state index contributed by atoms with van der Waals surface area (Å²) < 4.78 is 10.5. The van der Waals surface area contributed by atoms with Crippen LogP contribution in [0.3, 0.4) is 0 Å². The van der Waals surface area contributed by atoms with Gasteiger partial charge in [0.1, 0.15) is 0 Å². The highest BCUT2D eigenvalue weighted by atomic mass is 16.7. The maximum absolute atomic E-state index is 10.3. The van der Waals surface area contributed by atoms with E-state index >= 15 is 0 Å². The number of hydrogen-bond acceptors (Lipinski definition) is 3. The van der Waals surface area contributed by atoms with Crippen LogP contribution in [0.5, 0.6) is 0 Å². The van der Waals surface area contributed by atoms with Gasteiger partial charge in [0.15, 0.2) is 6.29 Å². The second kappa shape index (κ2) is 4.95. The van der Waals surface area contributed by atoms with Crippen molar-refractivity contribution in [1.29, 1.82) is 0 Å². The molecule has 0 aromatic heterocycles. The Morgan fingerprint density at radius 1 is 1.25 bits per heavy atom. The van der Waals surface area contributed by atoms with Gasteiger partial charge in [0.2, 0.25) is 0 Å². The van der Waals surface area contributed by atoms with Crippen LogP contribution in [-0.2, 0) is 15.9 Å². The van der Waals surface area contributed by atoms with E-state index in [2.05, 4.69) is 6.07 Å². The van der Waals surface area contributed by atoms with Gasteiger partial charge in [0.05, 0.1) is 6.10 Å². The highest BCUT2D eigenvalue weighted by Gasteiger charge is 2.33. The Balaban J connectivity index is 2.23. The van der Waals surface area contributed by atoms with Gasteiger partial charge >= 0.3 is 0 Å². The second-order valence-corrected chi connectivity index (χ2v) is 4.19. The molecule has 0 fully saturated rings. The van der Waals surface area contributed by atoms with Gasteiger partial charge in [0.25, 0.3) is 0 Å². The Morgan fingerprint density at radius 2 is 1.94 bits per heavy atom. The molecule has 0 bridgehead atoms. The van der Waals surface area contributed by atoms with Crippen molar-refractivity contribution in [2.75, 3.05) is 14.2 Å². The largest absolute Gasteiger partial charge is 0.388 e. The molecule has 3 heteroatoms. The normalized spacial score (nSPS) is 24.5. The molecule has 0 unspecified atom stereocenters. The molecular weight excluding hydrogens is 204 g/mol. The van der Waals surface area contributed by atoms with Gasteiger partial charge in [-0.05, 0) is 24.0 Å². The van der Waals surface area contributed by atoms with Crippen LogP contribution in [0.1, 0.15) is 23.7 Å². The number of benzene rings is 1. The number of hydrogen-bond donors (Lipinski definition) is 1. The number of rotatable bonds is 3. The number of aryl methyl sites for hydroxylation is 1. The van der Waals surface area contributed by atoms with E-state index in [1.54, 1.807) is 14.2 Å². The molecule has 0 aliphatic heterocycles. The van der Waals surface area contributed by atoms with Crippen molar-refractivity contribution in [3.8, 4) is 0 Å². The van der Waals surface area contributed by atoms with Gasteiger partial charge in [-0.15, -0.1) is 0 Å². The molecular formula is C13H18O3. The summed E-state index contributed by atoms with van der Waals surface area (Å²) in [4.78, 5) is 0. The standard InChI is InChI=1S/C13H18O3/c1-15-13(16-2)11-8-7-9-5-3-4-6-10(9)12(11)14/h3-6,11-14H,7-8H2,1-2H3/t11-,12+/m1/s1. The molecule has 16 heavy (non-hydrogen) atoms. The molecule has 1 aromatic rings. The fraction of sp³-hybridized carbons (Fsp3) is 0.538. The summed E-state index contributed by atoms with van der Waals surface area (Å²) in [6.45, 7) is 0. The molecule has 2 atom stereocenters. The SMILES string of the molecule is COC(OC)[C@@H]1CCc2ccccc2[C@@H]1O. The molecule has 0 heterocycles. The molecule has 2 rings (SSSR count). The van der Waals surface area contributed by atoms with Crippen LogP contribution in [0.2, 0.25) is 0 Å². The van der Waals surface area contributed by atoms with Gasteiger partial charge in [-0.1, -0.05) is 24.3 Å². The molecule has 0 saturated heterocycles. The van der Waals surface area contributed by atoms with Crippen molar-refractivity contribution in [2.24, 2.45) is 5.92 Å². The molecule has 0 amide bonds. The van der Waals surface area contributed by atoms with E-state index in [1.807, 2.05) is 18.2 Å². The molecule has 0 radical (unpaired) electrons. The summed E-state index contributed by atoms with van der Waals surface area (Å²) in [5.74, 6) is 0.0184. The first-order valence-electron chi connectivity index (χ1n) is 5.59. The molecule has 0 saturated carbocycles. The van der Waals surface area contributed by atoms with Crippen LogP contribution in [0.25, 0.3) is 0 Å². The van der Waals surface area contributed by atoms with Crippen molar-refractivity contribution in [1.82, 2.24) is 0 Å². The summed E-state index contributed by atoms with van der Waals surface area (Å²) in [5, 5.41) is 10.3. The Bertz CT molecular complexity index is 347. The quantitative estimate of drug-likeness (QED) is 0.794. The average molecular weight is 222 g/mol. The molecule has 1 N–H and O–H groups in total. The molecule has 0 spiro atoms. The third kappa shape index (κ3) is 1.98. The number of methoxy groups -OCH3 is 2. The number of aliphatic hydroxyl groups excluding tert-OH is 1. The lowest BCUT2D eigenvalue weighted by molar-refractivity contribution is -0.165. The Kier molecular flexibility index (Phi) is 3.59. The van der Waals surface area contributed by atoms with E-state index < -0.39 is 6.10 Å². The molecule has 1 aliphatic carbocycles. The first kappa shape index (κ1) is 11.6. The van der Waals surface area contributed by atoms with Crippen molar-refractivity contribution in [3.63, 3.8) is 0 Å². The topological polar surface area (TPSA) is 38.7 Å². The Labute approximate surface area is 96.0 Å². The van der Waals surface area contributed by atoms with Crippen LogP contribution in [0.15, 0.2) is 24.3 Å². The lowest BCUT2D eigenvalue weighted by Gasteiger charge is -2.33. The highest BCUT2D eigenvalue weighted by Crippen LogP contribution is 2.36. The Hall–Kier alpha value is -0.900. The van der Waals surface area contributed by atoms with E-state index in [-0.39, 0.29) is 12.2 Å². The monoisotopic (exact) mass is 222 g/mol. The lowest BCUT2D eigenvalue weighted by atomic mass is 9.81. The minimum absolute atomic E-state index is 0.0184. The fourth-order valence-electron chi connectivity index (χ4n) is 2.49.